The number of fused-ring (bicyclic) bond motifs is 1. The van der Waals surface area contributed by atoms with E-state index in [0.717, 1.165) is 34.7 Å². The van der Waals surface area contributed by atoms with Crippen LogP contribution in [0.2, 0.25) is 0 Å². The van der Waals surface area contributed by atoms with Gasteiger partial charge in [-0.3, -0.25) is 14.5 Å². The molecule has 1 aliphatic rings. The number of amides is 2. The quantitative estimate of drug-likeness (QED) is 0.115. The second kappa shape index (κ2) is 13.5. The van der Waals surface area contributed by atoms with Gasteiger partial charge in [-0.15, -0.1) is 0 Å². The predicted molar refractivity (Wildman–Crippen MR) is 165 cm³/mol. The van der Waals surface area contributed by atoms with Gasteiger partial charge in [-0.1, -0.05) is 48.2 Å². The molecule has 0 N–H and O–H groups in total. The Morgan fingerprint density at radius 3 is 1.79 bits per heavy atom. The van der Waals surface area contributed by atoms with Gasteiger partial charge in [0.15, 0.2) is 12.4 Å². The first-order valence-electron chi connectivity index (χ1n) is 14.1. The van der Waals surface area contributed by atoms with E-state index in [0.29, 0.717) is 29.7 Å². The van der Waals surface area contributed by atoms with E-state index in [2.05, 4.69) is 64.6 Å². The van der Waals surface area contributed by atoms with Gasteiger partial charge in [0.25, 0.3) is 11.8 Å². The van der Waals surface area contributed by atoms with Crippen LogP contribution in [0.4, 0.5) is 17.1 Å². The topological polar surface area (TPSA) is 44.5 Å². The zero-order chi connectivity index (χ0) is 28.9. The van der Waals surface area contributed by atoms with Crippen molar-refractivity contribution in [1.29, 1.82) is 0 Å². The van der Waals surface area contributed by atoms with Crippen LogP contribution >= 0.6 is 0 Å². The first kappa shape index (κ1) is 29.7. The first-order chi connectivity index (χ1) is 20.6. The lowest BCUT2D eigenvalue weighted by atomic mass is 10.1. The van der Waals surface area contributed by atoms with Crippen LogP contribution in [0.5, 0.6) is 0 Å². The minimum atomic E-state index is -0.260. The number of imide groups is 1. The molecule has 0 radical (unpaired) electrons. The summed E-state index contributed by atoms with van der Waals surface area (Å²) in [6, 6.07) is 37.9. The van der Waals surface area contributed by atoms with E-state index in [4.69, 9.17) is 0 Å². The summed E-state index contributed by atoms with van der Waals surface area (Å²) in [6.07, 6.45) is 4.64. The van der Waals surface area contributed by atoms with Crippen molar-refractivity contribution in [2.24, 2.45) is 0 Å². The normalized spacial score (nSPS) is 11.8. The van der Waals surface area contributed by atoms with Crippen LogP contribution in [0.15, 0.2) is 128 Å². The van der Waals surface area contributed by atoms with Crippen LogP contribution in [0, 0.1) is 11.8 Å². The molecule has 0 unspecified atom stereocenters. The second-order valence-corrected chi connectivity index (χ2v) is 10.1. The highest BCUT2D eigenvalue weighted by Gasteiger charge is 2.35. The Kier molecular flexibility index (Phi) is 9.33. The lowest BCUT2D eigenvalue weighted by Gasteiger charge is -2.25. The Labute approximate surface area is 269 Å². The average Bonchev–Trinajstić information content (AvgIpc) is 3.29. The zero-order valence-electron chi connectivity index (χ0n) is 23.8. The van der Waals surface area contributed by atoms with Crippen LogP contribution < -0.4 is 33.4 Å². The van der Waals surface area contributed by atoms with Crippen molar-refractivity contribution >= 4 is 28.9 Å². The molecule has 1 aromatic heterocycles. The molecule has 0 fully saturated rings. The number of rotatable bonds is 7. The first-order valence-corrected chi connectivity index (χ1v) is 14.1. The number of hydrogen-bond acceptors (Lipinski definition) is 3. The SMILES string of the molecule is CC[n+]1ccc(CCN2C(=O)c3ccc(C#Cc4ccc(N(c5ccccc5)c5ccccc5)cc4)cc3C2=O)cc1.[I-]. The number of para-hydroxylation sites is 2. The smallest absolute Gasteiger partial charge is 0.261 e. The highest BCUT2D eigenvalue weighted by Crippen LogP contribution is 2.34. The molecular weight excluding hydrogens is 645 g/mol. The van der Waals surface area contributed by atoms with Gasteiger partial charge in [-0.2, -0.15) is 0 Å². The fourth-order valence-electron chi connectivity index (χ4n) is 5.12. The lowest BCUT2D eigenvalue weighted by Crippen LogP contribution is -3.00. The Balaban J connectivity index is 0.00000368. The third kappa shape index (κ3) is 6.52. The van der Waals surface area contributed by atoms with Crippen molar-refractivity contribution < 1.29 is 38.1 Å². The Morgan fingerprint density at radius 1 is 0.651 bits per heavy atom. The minimum absolute atomic E-state index is 0. The van der Waals surface area contributed by atoms with Crippen LogP contribution in [0.1, 0.15) is 44.3 Å². The molecule has 0 atom stereocenters. The zero-order valence-corrected chi connectivity index (χ0v) is 25.9. The number of aromatic nitrogens is 1. The molecule has 0 spiro atoms. The number of halogens is 1. The Morgan fingerprint density at radius 2 is 1.19 bits per heavy atom. The van der Waals surface area contributed by atoms with Crippen LogP contribution in [0.25, 0.3) is 0 Å². The molecule has 6 rings (SSSR count). The fourth-order valence-corrected chi connectivity index (χ4v) is 5.12. The maximum absolute atomic E-state index is 13.1. The number of pyridine rings is 1. The van der Waals surface area contributed by atoms with E-state index in [1.807, 2.05) is 79.1 Å². The fraction of sp³-hybridized carbons (Fsp3) is 0.108. The molecule has 212 valence electrons. The van der Waals surface area contributed by atoms with Gasteiger partial charge < -0.3 is 28.9 Å². The number of anilines is 3. The summed E-state index contributed by atoms with van der Waals surface area (Å²) in [6.45, 7) is 3.33. The summed E-state index contributed by atoms with van der Waals surface area (Å²) in [7, 11) is 0. The maximum Gasteiger partial charge on any atom is 0.261 e. The van der Waals surface area contributed by atoms with Gasteiger partial charge in [0.2, 0.25) is 0 Å². The van der Waals surface area contributed by atoms with Gasteiger partial charge in [0, 0.05) is 46.9 Å². The van der Waals surface area contributed by atoms with Crippen LogP contribution in [-0.2, 0) is 13.0 Å². The van der Waals surface area contributed by atoms with Gasteiger partial charge in [0.05, 0.1) is 11.1 Å². The van der Waals surface area contributed by atoms with Crippen molar-refractivity contribution in [2.45, 2.75) is 19.9 Å². The average molecular weight is 676 g/mol. The molecule has 0 saturated carbocycles. The molecule has 2 heterocycles. The van der Waals surface area contributed by atoms with Crippen molar-refractivity contribution in [3.05, 3.63) is 155 Å². The van der Waals surface area contributed by atoms with Gasteiger partial charge in [-0.05, 0) is 85.6 Å². The molecule has 2 amide bonds. The summed E-state index contributed by atoms with van der Waals surface area (Å²) in [5, 5.41) is 0. The summed E-state index contributed by atoms with van der Waals surface area (Å²) in [4.78, 5) is 29.7. The molecule has 5 aromatic rings. The van der Waals surface area contributed by atoms with Crippen molar-refractivity contribution in [2.75, 3.05) is 11.4 Å². The molecule has 0 saturated heterocycles. The third-order valence-corrected chi connectivity index (χ3v) is 7.43. The number of hydrogen-bond donors (Lipinski definition) is 0. The largest absolute Gasteiger partial charge is 1.00 e. The number of nitrogens with zero attached hydrogens (tertiary/aromatic N) is 3. The van der Waals surface area contributed by atoms with Crippen LogP contribution in [0.3, 0.4) is 0 Å². The number of carbonyl (C=O) groups excluding carboxylic acids is 2. The van der Waals surface area contributed by atoms with Gasteiger partial charge in [-0.25, -0.2) is 4.57 Å². The van der Waals surface area contributed by atoms with E-state index >= 15 is 0 Å². The van der Waals surface area contributed by atoms with Crippen LogP contribution in [-0.4, -0.2) is 23.3 Å². The third-order valence-electron chi connectivity index (χ3n) is 7.43. The van der Waals surface area contributed by atoms with Crippen molar-refractivity contribution in [1.82, 2.24) is 4.90 Å². The maximum atomic E-state index is 13.1. The standard InChI is InChI=1S/C37H30N3O2.HI/c1-2-38-24-21-29(22-25-38)23-26-39-36(41)34-20-17-30(27-35(34)37(39)42)14-13-28-15-18-33(19-16-28)40(31-9-5-3-6-10-31)32-11-7-4-8-12-32;/h3-12,15-22,24-25,27H,2,23,26H2,1H3;1H/q+1;/p-1. The summed E-state index contributed by atoms with van der Waals surface area (Å²) >= 11 is 0. The second-order valence-electron chi connectivity index (χ2n) is 10.1. The Hall–Kier alpha value is -4.74. The lowest BCUT2D eigenvalue weighted by molar-refractivity contribution is -0.693. The molecular formula is C37H30IN3O2. The number of aryl methyl sites for hydroxylation is 1. The van der Waals surface area contributed by atoms with E-state index in [1.54, 1.807) is 12.1 Å². The predicted octanol–water partition coefficient (Wildman–Crippen LogP) is 3.71. The van der Waals surface area contributed by atoms with E-state index in [9.17, 15) is 9.59 Å². The summed E-state index contributed by atoms with van der Waals surface area (Å²) < 4.78 is 2.08. The summed E-state index contributed by atoms with van der Waals surface area (Å²) in [5.74, 6) is 5.88. The van der Waals surface area contributed by atoms with E-state index in [-0.39, 0.29) is 35.8 Å². The van der Waals surface area contributed by atoms with Gasteiger partial charge in [0.1, 0.15) is 6.54 Å². The molecule has 1 aliphatic heterocycles. The molecule has 0 aliphatic carbocycles. The monoisotopic (exact) mass is 675 g/mol. The molecule has 5 nitrogen and oxygen atoms in total. The molecule has 4 aromatic carbocycles. The Bertz CT molecular complexity index is 1750. The van der Waals surface area contributed by atoms with E-state index < -0.39 is 0 Å². The number of benzene rings is 4. The molecule has 43 heavy (non-hydrogen) atoms. The van der Waals surface area contributed by atoms with Gasteiger partial charge >= 0.3 is 0 Å². The highest BCUT2D eigenvalue weighted by atomic mass is 127. The molecule has 0 bridgehead atoms. The summed E-state index contributed by atoms with van der Waals surface area (Å²) in [5.41, 5.74) is 6.67. The van der Waals surface area contributed by atoms with E-state index in [1.165, 1.54) is 4.90 Å². The minimum Gasteiger partial charge on any atom is -1.00 e. The number of carbonyl (C=O) groups is 2. The van der Waals surface area contributed by atoms with Crippen molar-refractivity contribution in [3.8, 4) is 11.8 Å². The van der Waals surface area contributed by atoms with Crippen molar-refractivity contribution in [3.63, 3.8) is 0 Å². The highest BCUT2D eigenvalue weighted by molar-refractivity contribution is 6.21. The molecule has 6 heteroatoms.